The lowest BCUT2D eigenvalue weighted by molar-refractivity contribution is -0.136. The van der Waals surface area contributed by atoms with Crippen molar-refractivity contribution in [2.75, 3.05) is 11.9 Å². The number of carbonyl (C=O) groups excluding carboxylic acids is 2. The second-order valence-corrected chi connectivity index (χ2v) is 4.77. The van der Waals surface area contributed by atoms with Crippen LogP contribution in [0.4, 0.5) is 5.69 Å². The summed E-state index contributed by atoms with van der Waals surface area (Å²) < 4.78 is 4.95. The second kappa shape index (κ2) is 7.75. The lowest BCUT2D eigenvalue weighted by atomic mass is 10.2. The van der Waals surface area contributed by atoms with Gasteiger partial charge in [0.15, 0.2) is 5.82 Å². The van der Waals surface area contributed by atoms with Crippen molar-refractivity contribution in [2.45, 2.75) is 19.8 Å². The van der Waals surface area contributed by atoms with E-state index in [4.69, 9.17) is 10.9 Å². The molecule has 1 heterocycles. The number of nitrogens with zero attached hydrogens (tertiary/aromatic N) is 2. The molecule has 1 aromatic carbocycles. The highest BCUT2D eigenvalue weighted by Crippen LogP contribution is 2.09. The predicted molar refractivity (Wildman–Crippen MR) is 83.4 cm³/mol. The van der Waals surface area contributed by atoms with E-state index in [1.54, 1.807) is 31.2 Å². The summed E-state index contributed by atoms with van der Waals surface area (Å²) in [6, 6.07) is 6.71. The van der Waals surface area contributed by atoms with Gasteiger partial charge in [-0.15, -0.1) is 6.42 Å². The Bertz CT molecular complexity index is 746. The third kappa shape index (κ3) is 4.97. The molecule has 0 unspecified atom stereocenters. The molecule has 2 N–H and O–H groups in total. The van der Waals surface area contributed by atoms with Gasteiger partial charge in [-0.1, -0.05) is 17.1 Å². The highest BCUT2D eigenvalue weighted by molar-refractivity contribution is 6.39. The van der Waals surface area contributed by atoms with E-state index in [-0.39, 0.29) is 0 Å². The second-order valence-electron chi connectivity index (χ2n) is 4.77. The summed E-state index contributed by atoms with van der Waals surface area (Å²) in [5.41, 5.74) is 1.10. The van der Waals surface area contributed by atoms with E-state index in [0.717, 1.165) is 0 Å². The molecule has 0 aliphatic carbocycles. The number of aryl methyl sites for hydroxylation is 2. The van der Waals surface area contributed by atoms with Crippen LogP contribution in [0.2, 0.25) is 0 Å². The van der Waals surface area contributed by atoms with Gasteiger partial charge in [0.2, 0.25) is 5.89 Å². The fraction of sp³-hybridized carbons (Fsp3) is 0.250. The molecule has 0 radical (unpaired) electrons. The van der Waals surface area contributed by atoms with Gasteiger partial charge in [0.05, 0.1) is 0 Å². The maximum absolute atomic E-state index is 11.8. The first-order chi connectivity index (χ1) is 11.1. The largest absolute Gasteiger partial charge is 0.348 e. The summed E-state index contributed by atoms with van der Waals surface area (Å²) in [6.45, 7) is 2.06. The van der Waals surface area contributed by atoms with E-state index in [1.807, 2.05) is 0 Å². The molecule has 0 fully saturated rings. The third-order valence-electron chi connectivity index (χ3n) is 2.92. The van der Waals surface area contributed by atoms with Gasteiger partial charge in [-0.3, -0.25) is 9.59 Å². The predicted octanol–water partition coefficient (Wildman–Crippen LogP) is 1.05. The summed E-state index contributed by atoms with van der Waals surface area (Å²) in [7, 11) is 0. The normalized spacial score (nSPS) is 9.91. The number of amides is 2. The maximum Gasteiger partial charge on any atom is 0.313 e. The number of rotatable bonds is 5. The fourth-order valence-corrected chi connectivity index (χ4v) is 1.84. The first kappa shape index (κ1) is 16.2. The molecule has 0 atom stereocenters. The zero-order chi connectivity index (χ0) is 16.7. The summed E-state index contributed by atoms with van der Waals surface area (Å²) >= 11 is 0. The van der Waals surface area contributed by atoms with Crippen molar-refractivity contribution < 1.29 is 14.1 Å². The van der Waals surface area contributed by atoms with Crippen LogP contribution in [-0.2, 0) is 16.0 Å². The molecule has 0 saturated heterocycles. The van der Waals surface area contributed by atoms with E-state index < -0.39 is 11.8 Å². The molecule has 2 aromatic rings. The van der Waals surface area contributed by atoms with Gasteiger partial charge in [0, 0.05) is 24.2 Å². The van der Waals surface area contributed by atoms with Crippen LogP contribution in [0.25, 0.3) is 0 Å². The Labute approximate surface area is 133 Å². The number of hydrogen-bond acceptors (Lipinski definition) is 5. The lowest BCUT2D eigenvalue weighted by Gasteiger charge is -2.06. The lowest BCUT2D eigenvalue weighted by Crippen LogP contribution is -2.36. The van der Waals surface area contributed by atoms with Crippen LogP contribution in [0, 0.1) is 19.3 Å². The molecule has 0 aliphatic heterocycles. The summed E-state index contributed by atoms with van der Waals surface area (Å²) in [5, 5.41) is 8.69. The maximum atomic E-state index is 11.8. The molecule has 1 aromatic heterocycles. The van der Waals surface area contributed by atoms with Crippen molar-refractivity contribution >= 4 is 17.5 Å². The van der Waals surface area contributed by atoms with Gasteiger partial charge in [-0.2, -0.15) is 4.98 Å². The molecule has 0 spiro atoms. The molecular weight excluding hydrogens is 296 g/mol. The van der Waals surface area contributed by atoms with E-state index in [0.29, 0.717) is 42.4 Å². The average molecular weight is 312 g/mol. The number of nitrogens with one attached hydrogen (secondary N) is 2. The Hall–Kier alpha value is -3.14. The molecule has 23 heavy (non-hydrogen) atoms. The Morgan fingerprint density at radius 2 is 2.17 bits per heavy atom. The number of carbonyl (C=O) groups is 2. The Balaban J connectivity index is 1.74. The molecule has 0 bridgehead atoms. The van der Waals surface area contributed by atoms with Gasteiger partial charge >= 0.3 is 11.8 Å². The number of aromatic nitrogens is 2. The highest BCUT2D eigenvalue weighted by atomic mass is 16.5. The van der Waals surface area contributed by atoms with Crippen molar-refractivity contribution in [3.05, 3.63) is 41.5 Å². The molecule has 0 saturated carbocycles. The van der Waals surface area contributed by atoms with Crippen LogP contribution < -0.4 is 10.6 Å². The molecule has 2 amide bonds. The van der Waals surface area contributed by atoms with E-state index in [2.05, 4.69) is 26.7 Å². The van der Waals surface area contributed by atoms with Crippen LogP contribution in [0.5, 0.6) is 0 Å². The quantitative estimate of drug-likeness (QED) is 0.488. The number of anilines is 1. The van der Waals surface area contributed by atoms with Gasteiger partial charge in [0.25, 0.3) is 0 Å². The van der Waals surface area contributed by atoms with E-state index in [1.165, 1.54) is 0 Å². The zero-order valence-electron chi connectivity index (χ0n) is 12.6. The van der Waals surface area contributed by atoms with Crippen molar-refractivity contribution in [3.63, 3.8) is 0 Å². The monoisotopic (exact) mass is 312 g/mol. The Morgan fingerprint density at radius 3 is 2.87 bits per heavy atom. The standard InChI is InChI=1S/C16H16N4O3/c1-3-12-6-4-7-13(10-12)19-16(22)15(21)17-9-5-8-14-18-11(2)20-23-14/h1,4,6-7,10H,5,8-9H2,2H3,(H,17,21)(H,19,22). The number of hydrogen-bond donors (Lipinski definition) is 2. The summed E-state index contributed by atoms with van der Waals surface area (Å²) in [6.07, 6.45) is 6.41. The van der Waals surface area contributed by atoms with Crippen LogP contribution >= 0.6 is 0 Å². The summed E-state index contributed by atoms with van der Waals surface area (Å²) in [4.78, 5) is 27.5. The van der Waals surface area contributed by atoms with Gasteiger partial charge < -0.3 is 15.2 Å². The fourth-order valence-electron chi connectivity index (χ4n) is 1.84. The SMILES string of the molecule is C#Cc1cccc(NC(=O)C(=O)NCCCc2nc(C)no2)c1. The minimum Gasteiger partial charge on any atom is -0.348 e. The van der Waals surface area contributed by atoms with Crippen LogP contribution in [0.3, 0.4) is 0 Å². The van der Waals surface area contributed by atoms with Crippen LogP contribution in [-0.4, -0.2) is 28.5 Å². The molecule has 118 valence electrons. The van der Waals surface area contributed by atoms with Crippen molar-refractivity contribution in [3.8, 4) is 12.3 Å². The minimum atomic E-state index is -0.743. The van der Waals surface area contributed by atoms with Crippen LogP contribution in [0.15, 0.2) is 28.8 Å². The van der Waals surface area contributed by atoms with E-state index in [9.17, 15) is 9.59 Å². The summed E-state index contributed by atoms with van der Waals surface area (Å²) in [5.74, 6) is 2.08. The van der Waals surface area contributed by atoms with Gasteiger partial charge in [0.1, 0.15) is 0 Å². The average Bonchev–Trinajstić information content (AvgIpc) is 2.97. The first-order valence-corrected chi connectivity index (χ1v) is 7.03. The third-order valence-corrected chi connectivity index (χ3v) is 2.92. The minimum absolute atomic E-state index is 0.331. The topological polar surface area (TPSA) is 97.1 Å². The zero-order valence-corrected chi connectivity index (χ0v) is 12.6. The van der Waals surface area contributed by atoms with Crippen molar-refractivity contribution in [2.24, 2.45) is 0 Å². The highest BCUT2D eigenvalue weighted by Gasteiger charge is 2.13. The van der Waals surface area contributed by atoms with Gasteiger partial charge in [-0.05, 0) is 31.5 Å². The van der Waals surface area contributed by atoms with E-state index >= 15 is 0 Å². The number of terminal acetylenes is 1. The molecular formula is C16H16N4O3. The Kier molecular flexibility index (Phi) is 5.47. The van der Waals surface area contributed by atoms with Gasteiger partial charge in [-0.25, -0.2) is 0 Å². The van der Waals surface area contributed by atoms with Crippen LogP contribution in [0.1, 0.15) is 23.7 Å². The molecule has 7 heteroatoms. The molecule has 0 aliphatic rings. The molecule has 7 nitrogen and oxygen atoms in total. The number of benzene rings is 1. The van der Waals surface area contributed by atoms with Crippen molar-refractivity contribution in [1.29, 1.82) is 0 Å². The van der Waals surface area contributed by atoms with Crippen molar-refractivity contribution in [1.82, 2.24) is 15.5 Å². The first-order valence-electron chi connectivity index (χ1n) is 7.03. The Morgan fingerprint density at radius 1 is 1.35 bits per heavy atom. The molecule has 2 rings (SSSR count). The smallest absolute Gasteiger partial charge is 0.313 e.